The Kier molecular flexibility index (Phi) is 8.31. The van der Waals surface area contributed by atoms with Crippen molar-refractivity contribution < 1.29 is 22.0 Å². The summed E-state index contributed by atoms with van der Waals surface area (Å²) in [7, 11) is 0. The summed E-state index contributed by atoms with van der Waals surface area (Å²) in [5.74, 6) is -3.93. The van der Waals surface area contributed by atoms with Crippen molar-refractivity contribution in [2.75, 3.05) is 5.32 Å². The minimum Gasteiger partial charge on any atom is -0.382 e. The van der Waals surface area contributed by atoms with Crippen LogP contribution in [0.1, 0.15) is 42.0 Å². The van der Waals surface area contributed by atoms with Gasteiger partial charge in [0.1, 0.15) is 29.9 Å². The lowest BCUT2D eigenvalue weighted by atomic mass is 9.90. The highest BCUT2D eigenvalue weighted by Crippen LogP contribution is 2.37. The van der Waals surface area contributed by atoms with Crippen molar-refractivity contribution in [2.24, 2.45) is 10.7 Å². The van der Waals surface area contributed by atoms with E-state index in [2.05, 4.69) is 25.3 Å². The van der Waals surface area contributed by atoms with Crippen LogP contribution in [0.2, 0.25) is 0 Å². The zero-order chi connectivity index (χ0) is 28.0. The number of H-pyrrole nitrogens is 1. The molecule has 0 aliphatic carbocycles. The van der Waals surface area contributed by atoms with Crippen LogP contribution in [0.4, 0.5) is 27.6 Å². The predicted molar refractivity (Wildman–Crippen MR) is 131 cm³/mol. The van der Waals surface area contributed by atoms with Crippen LogP contribution in [0.3, 0.4) is 0 Å². The van der Waals surface area contributed by atoms with Crippen molar-refractivity contribution in [2.45, 2.75) is 25.4 Å². The molecule has 3 rings (SSSR count). The van der Waals surface area contributed by atoms with Gasteiger partial charge in [-0.05, 0) is 24.1 Å². The van der Waals surface area contributed by atoms with Gasteiger partial charge in [-0.3, -0.25) is 5.41 Å². The van der Waals surface area contributed by atoms with E-state index in [0.29, 0.717) is 18.8 Å². The van der Waals surface area contributed by atoms with Crippen LogP contribution in [0.15, 0.2) is 47.4 Å². The summed E-state index contributed by atoms with van der Waals surface area (Å²) >= 11 is 0. The number of aromatic amines is 1. The maximum absolute atomic E-state index is 14.1. The number of hydrogen-bond donors (Lipinski definition) is 5. The molecule has 0 spiro atoms. The average molecular weight is 529 g/mol. The molecule has 9 nitrogen and oxygen atoms in total. The molecule has 3 aromatic rings. The topological polar surface area (TPSA) is 163 Å². The Bertz CT molecular complexity index is 1450. The maximum atomic E-state index is 14.1. The van der Waals surface area contributed by atoms with Gasteiger partial charge in [0.15, 0.2) is 0 Å². The van der Waals surface area contributed by atoms with Crippen LogP contribution in [-0.2, 0) is 6.18 Å². The van der Waals surface area contributed by atoms with Crippen LogP contribution >= 0.6 is 0 Å². The highest BCUT2D eigenvalue weighted by molar-refractivity contribution is 6.06. The van der Waals surface area contributed by atoms with Crippen molar-refractivity contribution >= 4 is 24.1 Å². The largest absolute Gasteiger partial charge is 0.451 e. The van der Waals surface area contributed by atoms with Crippen molar-refractivity contribution in [3.8, 4) is 17.2 Å². The van der Waals surface area contributed by atoms with Gasteiger partial charge in [-0.25, -0.2) is 23.7 Å². The molecular weight excluding hydrogens is 509 g/mol. The molecule has 0 amide bonds. The van der Waals surface area contributed by atoms with Crippen molar-refractivity contribution in [3.63, 3.8) is 0 Å². The number of aromatic nitrogens is 3. The Morgan fingerprint density at radius 1 is 1.26 bits per heavy atom. The summed E-state index contributed by atoms with van der Waals surface area (Å²) in [6.45, 7) is 1.75. The van der Waals surface area contributed by atoms with Gasteiger partial charge >= 0.3 is 6.18 Å². The fraction of sp³-hybridized carbons (Fsp3) is 0.167. The molecule has 2 heterocycles. The lowest BCUT2D eigenvalue weighted by molar-refractivity contribution is -0.144. The molecule has 1 atom stereocenters. The number of nitrogens with one attached hydrogen (secondary N) is 4. The molecule has 0 bridgehead atoms. The molecule has 0 aliphatic heterocycles. The van der Waals surface area contributed by atoms with E-state index in [-0.39, 0.29) is 45.2 Å². The monoisotopic (exact) mass is 529 g/mol. The first kappa shape index (κ1) is 27.7. The van der Waals surface area contributed by atoms with E-state index in [4.69, 9.17) is 16.6 Å². The molecular formula is C24H20F5N9. The second-order valence-electron chi connectivity index (χ2n) is 7.73. The van der Waals surface area contributed by atoms with Crippen LogP contribution in [-0.4, -0.2) is 33.3 Å². The number of benzene rings is 1. The molecule has 0 saturated carbocycles. The van der Waals surface area contributed by atoms with E-state index >= 15 is 0 Å². The number of nitrogens with zero attached hydrogens (tertiary/aromatic N) is 4. The van der Waals surface area contributed by atoms with Gasteiger partial charge in [0.05, 0.1) is 16.9 Å². The zero-order valence-electron chi connectivity index (χ0n) is 19.7. The molecule has 2 aromatic heterocycles. The highest BCUT2D eigenvalue weighted by atomic mass is 19.4. The van der Waals surface area contributed by atoms with Gasteiger partial charge in [0, 0.05) is 53.6 Å². The molecule has 6 N–H and O–H groups in total. The quantitative estimate of drug-likeness (QED) is 0.148. The summed E-state index contributed by atoms with van der Waals surface area (Å²) < 4.78 is 66.2. The third-order valence-corrected chi connectivity index (χ3v) is 5.45. The summed E-state index contributed by atoms with van der Waals surface area (Å²) in [5, 5.41) is 27.8. The Morgan fingerprint density at radius 2 is 1.95 bits per heavy atom. The normalized spacial score (nSPS) is 13.1. The van der Waals surface area contributed by atoms with E-state index in [9.17, 15) is 27.2 Å². The van der Waals surface area contributed by atoms with Gasteiger partial charge in [0.2, 0.25) is 5.82 Å². The molecule has 196 valence electrons. The summed E-state index contributed by atoms with van der Waals surface area (Å²) in [5.41, 5.74) is 6.52. The lowest BCUT2D eigenvalue weighted by Crippen LogP contribution is -2.16. The number of aliphatic imine (C=N–C) groups is 1. The first-order chi connectivity index (χ1) is 18.0. The van der Waals surface area contributed by atoms with Crippen molar-refractivity contribution in [1.82, 2.24) is 15.0 Å². The minimum atomic E-state index is -4.78. The number of rotatable bonds is 9. The number of alkyl halides is 3. The Hall–Kier alpha value is -4.93. The van der Waals surface area contributed by atoms with Gasteiger partial charge in [-0.2, -0.15) is 18.4 Å². The minimum absolute atomic E-state index is 0.0249. The number of nitriles is 1. The van der Waals surface area contributed by atoms with E-state index in [1.165, 1.54) is 12.3 Å². The molecule has 0 fully saturated rings. The Morgan fingerprint density at radius 3 is 2.47 bits per heavy atom. The first-order valence-corrected chi connectivity index (χ1v) is 10.9. The van der Waals surface area contributed by atoms with E-state index in [1.807, 2.05) is 6.07 Å². The van der Waals surface area contributed by atoms with Crippen LogP contribution in [0, 0.1) is 33.8 Å². The summed E-state index contributed by atoms with van der Waals surface area (Å²) in [6.07, 6.45) is 0.243. The van der Waals surface area contributed by atoms with E-state index < -0.39 is 29.6 Å². The van der Waals surface area contributed by atoms with Crippen LogP contribution in [0.5, 0.6) is 0 Å². The SMILES string of the molecule is CCC(/C(C=N)=C/Nc1ccc(F)cc1F)c1[nH]c(/C(N)=N\C=N)c(-c2cnc(C(F)(F)F)nc2)c1C#N. The molecule has 1 unspecified atom stereocenters. The average Bonchev–Trinajstić information content (AvgIpc) is 3.26. The van der Waals surface area contributed by atoms with Crippen LogP contribution in [0.25, 0.3) is 11.1 Å². The van der Waals surface area contributed by atoms with E-state index in [0.717, 1.165) is 24.7 Å². The smallest absolute Gasteiger partial charge is 0.382 e. The van der Waals surface area contributed by atoms with Gasteiger partial charge in [-0.1, -0.05) is 6.92 Å². The fourth-order valence-corrected chi connectivity index (χ4v) is 3.73. The Labute approximate surface area is 213 Å². The van der Waals surface area contributed by atoms with Crippen LogP contribution < -0.4 is 11.1 Å². The van der Waals surface area contributed by atoms with Gasteiger partial charge < -0.3 is 21.4 Å². The summed E-state index contributed by atoms with van der Waals surface area (Å²) in [4.78, 5) is 13.4. The zero-order valence-corrected chi connectivity index (χ0v) is 19.7. The van der Waals surface area contributed by atoms with Gasteiger partial charge in [0.25, 0.3) is 0 Å². The molecule has 14 heteroatoms. The molecule has 0 radical (unpaired) electrons. The maximum Gasteiger partial charge on any atom is 0.451 e. The number of amidine groups is 1. The fourth-order valence-electron chi connectivity index (χ4n) is 3.73. The molecule has 0 saturated heterocycles. The van der Waals surface area contributed by atoms with Crippen molar-refractivity contribution in [3.05, 3.63) is 76.8 Å². The number of halogens is 5. The number of nitrogens with two attached hydrogens (primary N) is 1. The molecule has 38 heavy (non-hydrogen) atoms. The van der Waals surface area contributed by atoms with Crippen molar-refractivity contribution in [1.29, 1.82) is 16.1 Å². The molecule has 0 aliphatic rings. The number of anilines is 1. The second-order valence-corrected chi connectivity index (χ2v) is 7.73. The summed E-state index contributed by atoms with van der Waals surface area (Å²) in [6, 6.07) is 4.92. The number of allylic oxidation sites excluding steroid dienone is 1. The number of hydrogen-bond acceptors (Lipinski definition) is 6. The highest BCUT2D eigenvalue weighted by Gasteiger charge is 2.35. The van der Waals surface area contributed by atoms with E-state index in [1.54, 1.807) is 6.92 Å². The third kappa shape index (κ3) is 5.72. The Balaban J connectivity index is 2.17. The first-order valence-electron chi connectivity index (χ1n) is 10.9. The second kappa shape index (κ2) is 11.4. The third-order valence-electron chi connectivity index (χ3n) is 5.45. The van der Waals surface area contributed by atoms with Gasteiger partial charge in [-0.15, -0.1) is 0 Å². The molecule has 1 aromatic carbocycles. The standard InChI is InChI=1S/C24H20F5N9/c1-2-15(12(6-30)8-34-18-4-3-14(25)5-17(18)26)20-16(7-31)19(21(38-20)22(33)37-11-32)13-9-35-23(36-10-13)24(27,28)29/h3-6,8-11,15,30,34,38H,2H2,1H3,(H3,32,33,37)/b12-8+,30-6?. The lowest BCUT2D eigenvalue weighted by Gasteiger charge is -2.16. The predicted octanol–water partition coefficient (Wildman–Crippen LogP) is 5.09.